The van der Waals surface area contributed by atoms with Gasteiger partial charge in [0, 0.05) is 38.7 Å². The first-order valence-electron chi connectivity index (χ1n) is 11.5. The van der Waals surface area contributed by atoms with Crippen molar-refractivity contribution in [3.63, 3.8) is 0 Å². The van der Waals surface area contributed by atoms with Gasteiger partial charge in [-0.25, -0.2) is 14.4 Å². The molecule has 5 heterocycles. The quantitative estimate of drug-likeness (QED) is 0.436. The summed E-state index contributed by atoms with van der Waals surface area (Å²) < 4.78 is 26.2. The van der Waals surface area contributed by atoms with Crippen LogP contribution in [-0.2, 0) is 24.1 Å². The van der Waals surface area contributed by atoms with Crippen molar-refractivity contribution < 1.29 is 13.5 Å². The van der Waals surface area contributed by atoms with Crippen LogP contribution < -0.4 is 10.2 Å². The van der Waals surface area contributed by atoms with Crippen LogP contribution in [0, 0.1) is 5.82 Å². The lowest BCUT2D eigenvalue weighted by Gasteiger charge is -2.34. The Labute approximate surface area is 191 Å². The molecule has 33 heavy (non-hydrogen) atoms. The van der Waals surface area contributed by atoms with Gasteiger partial charge in [0.2, 0.25) is 0 Å². The maximum absolute atomic E-state index is 14.9. The fraction of sp³-hybridized carbons (Fsp3) is 0.360. The van der Waals surface area contributed by atoms with E-state index in [1.54, 1.807) is 18.5 Å². The minimum atomic E-state index is -0.183. The topological polar surface area (TPSA) is 79.2 Å². The molecule has 0 amide bonds. The van der Waals surface area contributed by atoms with Crippen molar-refractivity contribution in [2.24, 2.45) is 0 Å². The number of aromatic amines is 1. The van der Waals surface area contributed by atoms with Crippen molar-refractivity contribution in [2.75, 3.05) is 23.3 Å². The molecule has 1 aromatic carbocycles. The Bertz CT molecular complexity index is 1240. The number of H-pyrrole nitrogens is 1. The molecule has 6 rings (SSSR count). The van der Waals surface area contributed by atoms with E-state index in [0.29, 0.717) is 17.9 Å². The van der Waals surface area contributed by atoms with E-state index < -0.39 is 0 Å². The number of fused-ring (bicyclic) bond motifs is 3. The third-order valence-corrected chi connectivity index (χ3v) is 6.51. The zero-order valence-corrected chi connectivity index (χ0v) is 18.3. The van der Waals surface area contributed by atoms with Crippen molar-refractivity contribution >= 4 is 22.5 Å². The highest BCUT2D eigenvalue weighted by Crippen LogP contribution is 2.31. The minimum Gasteiger partial charge on any atom is -0.469 e. The minimum absolute atomic E-state index is 0.183. The van der Waals surface area contributed by atoms with Crippen molar-refractivity contribution in [2.45, 2.75) is 44.4 Å². The number of nitrogens with zero attached hydrogens (tertiary/aromatic N) is 3. The maximum Gasteiger partial charge on any atom is 0.179 e. The van der Waals surface area contributed by atoms with Gasteiger partial charge in [-0.05, 0) is 48.7 Å². The average molecular weight is 448 g/mol. The van der Waals surface area contributed by atoms with Crippen LogP contribution in [0.25, 0.3) is 11.2 Å². The number of anilines is 2. The van der Waals surface area contributed by atoms with E-state index in [4.69, 9.17) is 9.15 Å². The number of halogens is 1. The molecule has 3 aromatic heterocycles. The Balaban J connectivity index is 1.14. The molecule has 2 unspecified atom stereocenters. The molecule has 0 aliphatic carbocycles. The van der Waals surface area contributed by atoms with Crippen molar-refractivity contribution in [3.05, 3.63) is 71.8 Å². The second kappa shape index (κ2) is 8.51. The van der Waals surface area contributed by atoms with Gasteiger partial charge in [-0.2, -0.15) is 0 Å². The SMILES string of the molecule is Fc1cc(CNc2ccnc3nc(CCc4ccco4)[nH]c23)ccc1N1CC2CCC(C1)O2. The molecule has 2 fully saturated rings. The van der Waals surface area contributed by atoms with Gasteiger partial charge in [-0.1, -0.05) is 6.07 Å². The number of hydrogen-bond donors (Lipinski definition) is 2. The van der Waals surface area contributed by atoms with Crippen LogP contribution >= 0.6 is 0 Å². The molecule has 7 nitrogen and oxygen atoms in total. The lowest BCUT2D eigenvalue weighted by molar-refractivity contribution is 0.0303. The molecule has 0 spiro atoms. The van der Waals surface area contributed by atoms with Crippen molar-refractivity contribution in [3.8, 4) is 0 Å². The van der Waals surface area contributed by atoms with Crippen LogP contribution in [0.5, 0.6) is 0 Å². The first-order valence-corrected chi connectivity index (χ1v) is 11.5. The molecule has 2 aliphatic rings. The standard InChI is InChI=1S/C25H26FN5O2/c26-20-12-16(3-7-22(20)31-14-18-4-5-19(15-31)33-18)13-28-21-9-10-27-25-24(21)29-23(30-25)8-6-17-2-1-11-32-17/h1-3,7,9-12,18-19H,4-6,8,13-15H2,(H2,27,28,29,30). The largest absolute Gasteiger partial charge is 0.469 e. The summed E-state index contributed by atoms with van der Waals surface area (Å²) in [6.07, 6.45) is 7.53. The monoisotopic (exact) mass is 447 g/mol. The van der Waals surface area contributed by atoms with Crippen LogP contribution in [0.3, 0.4) is 0 Å². The lowest BCUT2D eigenvalue weighted by Crippen LogP contribution is -2.43. The summed E-state index contributed by atoms with van der Waals surface area (Å²) in [5.74, 6) is 1.60. The van der Waals surface area contributed by atoms with E-state index in [1.165, 1.54) is 0 Å². The van der Waals surface area contributed by atoms with Crippen LogP contribution in [-0.4, -0.2) is 40.2 Å². The zero-order valence-electron chi connectivity index (χ0n) is 18.3. The molecular formula is C25H26FN5O2. The predicted molar refractivity (Wildman–Crippen MR) is 124 cm³/mol. The fourth-order valence-electron chi connectivity index (χ4n) is 4.85. The van der Waals surface area contributed by atoms with Gasteiger partial charge in [0.05, 0.1) is 29.8 Å². The van der Waals surface area contributed by atoms with E-state index in [1.807, 2.05) is 30.3 Å². The number of ether oxygens (including phenoxy) is 1. The number of morpholine rings is 1. The Kier molecular flexibility index (Phi) is 5.22. The Morgan fingerprint density at radius 3 is 2.79 bits per heavy atom. The summed E-state index contributed by atoms with van der Waals surface area (Å²) in [6, 6.07) is 11.3. The summed E-state index contributed by atoms with van der Waals surface area (Å²) >= 11 is 0. The molecule has 2 bridgehead atoms. The van der Waals surface area contributed by atoms with E-state index in [9.17, 15) is 4.39 Å². The number of nitrogens with one attached hydrogen (secondary N) is 2. The normalized spacial score (nSPS) is 20.0. The summed E-state index contributed by atoms with van der Waals surface area (Å²) in [5, 5.41) is 3.41. The third-order valence-electron chi connectivity index (χ3n) is 6.51. The first kappa shape index (κ1) is 20.2. The molecule has 2 aliphatic heterocycles. The molecule has 8 heteroatoms. The van der Waals surface area contributed by atoms with E-state index in [-0.39, 0.29) is 18.0 Å². The third kappa shape index (κ3) is 4.18. The zero-order chi connectivity index (χ0) is 22.2. The summed E-state index contributed by atoms with van der Waals surface area (Å²) in [4.78, 5) is 14.5. The van der Waals surface area contributed by atoms with E-state index >= 15 is 0 Å². The maximum atomic E-state index is 14.9. The Hall–Kier alpha value is -3.39. The number of aryl methyl sites for hydroxylation is 2. The fourth-order valence-corrected chi connectivity index (χ4v) is 4.85. The van der Waals surface area contributed by atoms with Gasteiger partial charge in [0.15, 0.2) is 5.65 Å². The highest BCUT2D eigenvalue weighted by molar-refractivity contribution is 5.85. The number of imidazole rings is 1. The highest BCUT2D eigenvalue weighted by Gasteiger charge is 2.34. The van der Waals surface area contributed by atoms with Crippen LogP contribution in [0.4, 0.5) is 15.8 Å². The molecule has 2 N–H and O–H groups in total. The van der Waals surface area contributed by atoms with Gasteiger partial charge in [0.25, 0.3) is 0 Å². The second-order valence-corrected chi connectivity index (χ2v) is 8.82. The van der Waals surface area contributed by atoms with Gasteiger partial charge >= 0.3 is 0 Å². The van der Waals surface area contributed by atoms with Crippen molar-refractivity contribution in [1.82, 2.24) is 15.0 Å². The number of furan rings is 1. The summed E-state index contributed by atoms with van der Waals surface area (Å²) in [7, 11) is 0. The molecular weight excluding hydrogens is 421 g/mol. The summed E-state index contributed by atoms with van der Waals surface area (Å²) in [6.45, 7) is 2.04. The lowest BCUT2D eigenvalue weighted by atomic mass is 10.1. The van der Waals surface area contributed by atoms with E-state index in [0.717, 1.165) is 67.1 Å². The smallest absolute Gasteiger partial charge is 0.179 e. The second-order valence-electron chi connectivity index (χ2n) is 8.82. The van der Waals surface area contributed by atoms with Crippen LogP contribution in [0.15, 0.2) is 53.3 Å². The van der Waals surface area contributed by atoms with Gasteiger partial charge in [-0.15, -0.1) is 0 Å². The first-order chi connectivity index (χ1) is 16.2. The number of aromatic nitrogens is 3. The van der Waals surface area contributed by atoms with E-state index in [2.05, 4.69) is 25.2 Å². The summed E-state index contributed by atoms with van der Waals surface area (Å²) in [5.41, 5.74) is 3.96. The molecule has 170 valence electrons. The Morgan fingerprint density at radius 2 is 2.00 bits per heavy atom. The van der Waals surface area contributed by atoms with Crippen LogP contribution in [0.1, 0.15) is 30.0 Å². The predicted octanol–water partition coefficient (Wildman–Crippen LogP) is 4.45. The van der Waals surface area contributed by atoms with Crippen LogP contribution in [0.2, 0.25) is 0 Å². The molecule has 0 saturated carbocycles. The molecule has 0 radical (unpaired) electrons. The molecule has 2 atom stereocenters. The number of benzene rings is 1. The van der Waals surface area contributed by atoms with Crippen molar-refractivity contribution in [1.29, 1.82) is 0 Å². The molecule has 4 aromatic rings. The number of pyridine rings is 1. The Morgan fingerprint density at radius 1 is 1.12 bits per heavy atom. The van der Waals surface area contributed by atoms with Gasteiger partial charge < -0.3 is 24.4 Å². The molecule has 2 saturated heterocycles. The van der Waals surface area contributed by atoms with Gasteiger partial charge in [-0.3, -0.25) is 0 Å². The number of rotatable bonds is 7. The average Bonchev–Trinajstić information content (AvgIpc) is 3.56. The van der Waals surface area contributed by atoms with Gasteiger partial charge in [0.1, 0.15) is 22.9 Å². The number of hydrogen-bond acceptors (Lipinski definition) is 6. The highest BCUT2D eigenvalue weighted by atomic mass is 19.1.